The largest absolute Gasteiger partial charge is 0.497 e. The maximum atomic E-state index is 6.30. The first-order chi connectivity index (χ1) is 10.8. The van der Waals surface area contributed by atoms with Gasteiger partial charge < -0.3 is 14.2 Å². The van der Waals surface area contributed by atoms with E-state index in [2.05, 4.69) is 24.3 Å². The minimum absolute atomic E-state index is 0.122. The summed E-state index contributed by atoms with van der Waals surface area (Å²) in [6.45, 7) is 0. The van der Waals surface area contributed by atoms with Crippen LogP contribution in [-0.4, -0.2) is 25.7 Å². The van der Waals surface area contributed by atoms with Crippen molar-refractivity contribution in [2.75, 3.05) is 25.7 Å². The van der Waals surface area contributed by atoms with Gasteiger partial charge in [0.1, 0.15) is 11.5 Å². The molecule has 116 valence electrons. The van der Waals surface area contributed by atoms with E-state index >= 15 is 0 Å². The lowest BCUT2D eigenvalue weighted by molar-refractivity contribution is 0.00509. The second-order valence-electron chi connectivity index (χ2n) is 5.20. The molecule has 0 bridgehead atoms. The second kappa shape index (κ2) is 7.07. The molecule has 1 aliphatic rings. The maximum absolute atomic E-state index is 6.30. The smallest absolute Gasteiger partial charge is 0.118 e. The number of hydrogen-bond acceptors (Lipinski definition) is 4. The van der Waals surface area contributed by atoms with Gasteiger partial charge in [-0.05, 0) is 35.4 Å². The van der Waals surface area contributed by atoms with Gasteiger partial charge in [0.2, 0.25) is 0 Å². The van der Waals surface area contributed by atoms with Gasteiger partial charge in [-0.1, -0.05) is 24.3 Å². The van der Waals surface area contributed by atoms with E-state index in [4.69, 9.17) is 14.2 Å². The number of ether oxygens (including phenoxy) is 3. The Balaban J connectivity index is 1.72. The Morgan fingerprint density at radius 3 is 1.55 bits per heavy atom. The van der Waals surface area contributed by atoms with E-state index in [-0.39, 0.29) is 12.2 Å². The van der Waals surface area contributed by atoms with Crippen molar-refractivity contribution in [1.82, 2.24) is 0 Å². The standard InChI is InChI=1S/C18H20O3S/c1-19-15-7-3-13(4-8-15)17-11-22-12-18(21-17)14-5-9-16(20-2)10-6-14/h3-10,17-18H,11-12H2,1-2H3/t17-,18-/m1/s1. The van der Waals surface area contributed by atoms with E-state index in [9.17, 15) is 0 Å². The van der Waals surface area contributed by atoms with Gasteiger partial charge in [-0.2, -0.15) is 11.8 Å². The number of rotatable bonds is 4. The van der Waals surface area contributed by atoms with Crippen LogP contribution in [0.5, 0.6) is 11.5 Å². The third-order valence-electron chi connectivity index (χ3n) is 3.84. The molecule has 2 aromatic carbocycles. The molecule has 0 spiro atoms. The Morgan fingerprint density at radius 1 is 0.773 bits per heavy atom. The summed E-state index contributed by atoms with van der Waals surface area (Å²) in [5.41, 5.74) is 2.40. The minimum atomic E-state index is 0.122. The van der Waals surface area contributed by atoms with Gasteiger partial charge in [-0.25, -0.2) is 0 Å². The minimum Gasteiger partial charge on any atom is -0.497 e. The van der Waals surface area contributed by atoms with Crippen molar-refractivity contribution in [2.24, 2.45) is 0 Å². The highest BCUT2D eigenvalue weighted by molar-refractivity contribution is 7.99. The lowest BCUT2D eigenvalue weighted by Crippen LogP contribution is -2.20. The van der Waals surface area contributed by atoms with E-state index < -0.39 is 0 Å². The van der Waals surface area contributed by atoms with Gasteiger partial charge in [0.15, 0.2) is 0 Å². The molecule has 3 nitrogen and oxygen atoms in total. The van der Waals surface area contributed by atoms with Gasteiger partial charge in [0, 0.05) is 11.5 Å². The molecular formula is C18H20O3S. The Hall–Kier alpha value is -1.65. The highest BCUT2D eigenvalue weighted by atomic mass is 32.2. The lowest BCUT2D eigenvalue weighted by Gasteiger charge is -2.30. The topological polar surface area (TPSA) is 27.7 Å². The predicted molar refractivity (Wildman–Crippen MR) is 89.9 cm³/mol. The quantitative estimate of drug-likeness (QED) is 0.843. The molecule has 4 heteroatoms. The zero-order chi connectivity index (χ0) is 15.4. The van der Waals surface area contributed by atoms with E-state index in [0.29, 0.717) is 0 Å². The van der Waals surface area contributed by atoms with Crippen LogP contribution in [0.3, 0.4) is 0 Å². The second-order valence-corrected chi connectivity index (χ2v) is 6.27. The molecule has 0 aliphatic carbocycles. The van der Waals surface area contributed by atoms with Crippen LogP contribution in [0, 0.1) is 0 Å². The Bertz CT molecular complexity index is 541. The Labute approximate surface area is 135 Å². The summed E-state index contributed by atoms with van der Waals surface area (Å²) >= 11 is 1.93. The molecule has 2 atom stereocenters. The van der Waals surface area contributed by atoms with Crippen LogP contribution in [0.4, 0.5) is 0 Å². The molecule has 0 unspecified atom stereocenters. The van der Waals surface area contributed by atoms with E-state index in [0.717, 1.165) is 23.0 Å². The summed E-state index contributed by atoms with van der Waals surface area (Å²) in [6.07, 6.45) is 0.244. The van der Waals surface area contributed by atoms with Gasteiger partial charge in [-0.3, -0.25) is 0 Å². The normalized spacial score (nSPS) is 21.4. The zero-order valence-corrected chi connectivity index (χ0v) is 13.6. The first-order valence-corrected chi connectivity index (χ1v) is 8.46. The fraction of sp³-hybridized carbons (Fsp3) is 0.333. The first kappa shape index (κ1) is 15.3. The van der Waals surface area contributed by atoms with Crippen LogP contribution in [0.1, 0.15) is 23.3 Å². The van der Waals surface area contributed by atoms with Crippen LogP contribution < -0.4 is 9.47 Å². The van der Waals surface area contributed by atoms with Crippen LogP contribution >= 0.6 is 11.8 Å². The van der Waals surface area contributed by atoms with E-state index in [1.807, 2.05) is 36.0 Å². The summed E-state index contributed by atoms with van der Waals surface area (Å²) in [6, 6.07) is 16.3. The molecule has 0 N–H and O–H groups in total. The number of hydrogen-bond donors (Lipinski definition) is 0. The molecule has 0 amide bonds. The molecule has 1 heterocycles. The first-order valence-electron chi connectivity index (χ1n) is 7.31. The SMILES string of the molecule is COc1ccc([C@H]2CSC[C@H](c3ccc(OC)cc3)O2)cc1. The van der Waals surface area contributed by atoms with Crippen molar-refractivity contribution in [3.8, 4) is 11.5 Å². The van der Waals surface area contributed by atoms with Gasteiger partial charge in [0.05, 0.1) is 26.4 Å². The summed E-state index contributed by atoms with van der Waals surface area (Å²) in [5.74, 6) is 3.72. The monoisotopic (exact) mass is 316 g/mol. The van der Waals surface area contributed by atoms with Crippen molar-refractivity contribution in [3.05, 3.63) is 59.7 Å². The van der Waals surface area contributed by atoms with Gasteiger partial charge in [0.25, 0.3) is 0 Å². The number of thioether (sulfide) groups is 1. The van der Waals surface area contributed by atoms with Crippen LogP contribution in [-0.2, 0) is 4.74 Å². The molecular weight excluding hydrogens is 296 g/mol. The average molecular weight is 316 g/mol. The van der Waals surface area contributed by atoms with Crippen LogP contribution in [0.2, 0.25) is 0 Å². The van der Waals surface area contributed by atoms with E-state index in [1.54, 1.807) is 14.2 Å². The third kappa shape index (κ3) is 3.39. The molecule has 1 fully saturated rings. The van der Waals surface area contributed by atoms with Crippen molar-refractivity contribution in [2.45, 2.75) is 12.2 Å². The fourth-order valence-corrected chi connectivity index (χ4v) is 3.65. The molecule has 0 saturated carbocycles. The number of benzene rings is 2. The van der Waals surface area contributed by atoms with Gasteiger partial charge in [-0.15, -0.1) is 0 Å². The summed E-state index contributed by atoms with van der Waals surface area (Å²) < 4.78 is 16.7. The van der Waals surface area contributed by atoms with Gasteiger partial charge >= 0.3 is 0 Å². The third-order valence-corrected chi connectivity index (χ3v) is 4.92. The van der Waals surface area contributed by atoms with Crippen molar-refractivity contribution >= 4 is 11.8 Å². The average Bonchev–Trinajstić information content (AvgIpc) is 2.62. The lowest BCUT2D eigenvalue weighted by atomic mass is 10.1. The predicted octanol–water partition coefficient (Wildman–Crippen LogP) is 4.25. The molecule has 0 radical (unpaired) electrons. The summed E-state index contributed by atoms with van der Waals surface area (Å²) in [4.78, 5) is 0. The Kier molecular flexibility index (Phi) is 4.90. The van der Waals surface area contributed by atoms with Crippen LogP contribution in [0.25, 0.3) is 0 Å². The molecule has 3 rings (SSSR count). The fourth-order valence-electron chi connectivity index (χ4n) is 2.55. The zero-order valence-electron chi connectivity index (χ0n) is 12.8. The maximum Gasteiger partial charge on any atom is 0.118 e. The molecule has 1 aliphatic heterocycles. The summed E-state index contributed by atoms with van der Waals surface area (Å²) in [7, 11) is 3.36. The molecule has 1 saturated heterocycles. The molecule has 0 aromatic heterocycles. The van der Waals surface area contributed by atoms with Crippen molar-refractivity contribution < 1.29 is 14.2 Å². The highest BCUT2D eigenvalue weighted by Gasteiger charge is 2.25. The van der Waals surface area contributed by atoms with Crippen LogP contribution in [0.15, 0.2) is 48.5 Å². The van der Waals surface area contributed by atoms with Crippen molar-refractivity contribution in [3.63, 3.8) is 0 Å². The molecule has 2 aromatic rings. The summed E-state index contributed by atoms with van der Waals surface area (Å²) in [5, 5.41) is 0. The highest BCUT2D eigenvalue weighted by Crippen LogP contribution is 2.37. The van der Waals surface area contributed by atoms with E-state index in [1.165, 1.54) is 11.1 Å². The number of methoxy groups -OCH3 is 2. The Morgan fingerprint density at radius 2 is 1.18 bits per heavy atom. The van der Waals surface area contributed by atoms with Crippen molar-refractivity contribution in [1.29, 1.82) is 0 Å². The molecule has 22 heavy (non-hydrogen) atoms.